The number of halogens is 1. The molecule has 1 aromatic carbocycles. The minimum Gasteiger partial charge on any atom is -0.487 e. The zero-order chi connectivity index (χ0) is 13.1. The monoisotopic (exact) mass is 260 g/mol. The number of ether oxygens (including phenoxy) is 1. The standard InChI is InChI=1S/C16H17FO2/c17-14-11-12(15-7-4-10-18-15)8-9-16(14)19-13-5-2-1-3-6-13/h4,7-11,13H,1-3,5-6H2. The van der Waals surface area contributed by atoms with Gasteiger partial charge in [-0.15, -0.1) is 0 Å². The highest BCUT2D eigenvalue weighted by atomic mass is 19.1. The van der Waals surface area contributed by atoms with Crippen molar-refractivity contribution in [1.82, 2.24) is 0 Å². The Labute approximate surface area is 112 Å². The van der Waals surface area contributed by atoms with E-state index in [1.54, 1.807) is 18.4 Å². The molecule has 1 saturated carbocycles. The van der Waals surface area contributed by atoms with E-state index < -0.39 is 0 Å². The summed E-state index contributed by atoms with van der Waals surface area (Å²) in [5.41, 5.74) is 0.735. The number of furan rings is 1. The summed E-state index contributed by atoms with van der Waals surface area (Å²) < 4.78 is 25.0. The van der Waals surface area contributed by atoms with Crippen molar-refractivity contribution in [2.75, 3.05) is 0 Å². The molecule has 0 aliphatic heterocycles. The predicted octanol–water partition coefficient (Wildman–Crippen LogP) is 4.80. The van der Waals surface area contributed by atoms with Crippen LogP contribution in [-0.2, 0) is 0 Å². The minimum atomic E-state index is -0.320. The van der Waals surface area contributed by atoms with Crippen LogP contribution in [0, 0.1) is 5.82 Å². The fourth-order valence-electron chi connectivity index (χ4n) is 2.56. The fraction of sp³-hybridized carbons (Fsp3) is 0.375. The van der Waals surface area contributed by atoms with E-state index in [1.807, 2.05) is 12.1 Å². The second-order valence-corrected chi connectivity index (χ2v) is 5.00. The van der Waals surface area contributed by atoms with Crippen LogP contribution < -0.4 is 4.74 Å². The van der Waals surface area contributed by atoms with E-state index in [-0.39, 0.29) is 11.9 Å². The van der Waals surface area contributed by atoms with Crippen LogP contribution in [0.2, 0.25) is 0 Å². The van der Waals surface area contributed by atoms with Gasteiger partial charge < -0.3 is 9.15 Å². The molecule has 0 spiro atoms. The molecule has 1 heterocycles. The summed E-state index contributed by atoms with van der Waals surface area (Å²) in [6.45, 7) is 0. The molecule has 0 bridgehead atoms. The molecule has 0 radical (unpaired) electrons. The van der Waals surface area contributed by atoms with Gasteiger partial charge in [-0.25, -0.2) is 4.39 Å². The summed E-state index contributed by atoms with van der Waals surface area (Å²) in [7, 11) is 0. The van der Waals surface area contributed by atoms with Crippen molar-refractivity contribution in [1.29, 1.82) is 0 Å². The molecular formula is C16H17FO2. The van der Waals surface area contributed by atoms with Crippen LogP contribution in [0.5, 0.6) is 5.75 Å². The summed E-state index contributed by atoms with van der Waals surface area (Å²) >= 11 is 0. The summed E-state index contributed by atoms with van der Waals surface area (Å²) in [4.78, 5) is 0. The Kier molecular flexibility index (Phi) is 3.53. The molecule has 0 N–H and O–H groups in total. The number of benzene rings is 1. The molecule has 0 amide bonds. The van der Waals surface area contributed by atoms with Gasteiger partial charge in [0, 0.05) is 5.56 Å². The summed E-state index contributed by atoms with van der Waals surface area (Å²) in [5, 5.41) is 0. The molecule has 2 nitrogen and oxygen atoms in total. The van der Waals surface area contributed by atoms with Gasteiger partial charge in [0.2, 0.25) is 0 Å². The van der Waals surface area contributed by atoms with Crippen LogP contribution >= 0.6 is 0 Å². The first-order valence-electron chi connectivity index (χ1n) is 6.83. The molecule has 0 saturated heterocycles. The summed E-state index contributed by atoms with van der Waals surface area (Å²) in [6, 6.07) is 8.61. The lowest BCUT2D eigenvalue weighted by Gasteiger charge is -2.23. The van der Waals surface area contributed by atoms with E-state index in [4.69, 9.17) is 9.15 Å². The van der Waals surface area contributed by atoms with Crippen molar-refractivity contribution in [2.45, 2.75) is 38.2 Å². The van der Waals surface area contributed by atoms with E-state index >= 15 is 0 Å². The lowest BCUT2D eigenvalue weighted by molar-refractivity contribution is 0.149. The highest BCUT2D eigenvalue weighted by molar-refractivity contribution is 5.58. The zero-order valence-corrected chi connectivity index (χ0v) is 10.8. The zero-order valence-electron chi connectivity index (χ0n) is 10.8. The van der Waals surface area contributed by atoms with Gasteiger partial charge >= 0.3 is 0 Å². The van der Waals surface area contributed by atoms with Crippen LogP contribution in [0.4, 0.5) is 4.39 Å². The summed E-state index contributed by atoms with van der Waals surface area (Å²) in [6.07, 6.45) is 7.42. The minimum absolute atomic E-state index is 0.165. The van der Waals surface area contributed by atoms with Crippen molar-refractivity contribution in [3.8, 4) is 17.1 Å². The third-order valence-electron chi connectivity index (χ3n) is 3.58. The Balaban J connectivity index is 1.76. The number of hydrogen-bond donors (Lipinski definition) is 0. The molecule has 19 heavy (non-hydrogen) atoms. The Morgan fingerprint density at radius 1 is 1.11 bits per heavy atom. The fourth-order valence-corrected chi connectivity index (χ4v) is 2.56. The molecule has 2 aromatic rings. The Morgan fingerprint density at radius 3 is 2.63 bits per heavy atom. The Morgan fingerprint density at radius 2 is 1.95 bits per heavy atom. The topological polar surface area (TPSA) is 22.4 Å². The third kappa shape index (κ3) is 2.80. The van der Waals surface area contributed by atoms with Crippen molar-refractivity contribution in [3.63, 3.8) is 0 Å². The first-order valence-corrected chi connectivity index (χ1v) is 6.83. The molecule has 3 heteroatoms. The van der Waals surface area contributed by atoms with E-state index in [1.165, 1.54) is 25.3 Å². The second-order valence-electron chi connectivity index (χ2n) is 5.00. The Hall–Kier alpha value is -1.77. The molecule has 0 unspecified atom stereocenters. The maximum atomic E-state index is 14.0. The van der Waals surface area contributed by atoms with Gasteiger partial charge in [0.25, 0.3) is 0 Å². The molecule has 100 valence electrons. The van der Waals surface area contributed by atoms with Gasteiger partial charge in [-0.2, -0.15) is 0 Å². The number of rotatable bonds is 3. The molecule has 1 fully saturated rings. The van der Waals surface area contributed by atoms with Gasteiger partial charge in [0.05, 0.1) is 12.4 Å². The predicted molar refractivity (Wildman–Crippen MR) is 71.6 cm³/mol. The highest BCUT2D eigenvalue weighted by Gasteiger charge is 2.17. The smallest absolute Gasteiger partial charge is 0.165 e. The largest absolute Gasteiger partial charge is 0.487 e. The molecular weight excluding hydrogens is 243 g/mol. The van der Waals surface area contributed by atoms with Crippen LogP contribution in [0.15, 0.2) is 41.0 Å². The molecule has 0 atom stereocenters. The van der Waals surface area contributed by atoms with Crippen LogP contribution in [0.1, 0.15) is 32.1 Å². The normalized spacial score (nSPS) is 16.5. The maximum absolute atomic E-state index is 14.0. The van der Waals surface area contributed by atoms with Crippen molar-refractivity contribution < 1.29 is 13.5 Å². The Bertz CT molecular complexity index is 528. The molecule has 1 aliphatic carbocycles. The van der Waals surface area contributed by atoms with Crippen LogP contribution in [0.3, 0.4) is 0 Å². The second kappa shape index (κ2) is 5.47. The van der Waals surface area contributed by atoms with Crippen molar-refractivity contribution in [3.05, 3.63) is 42.4 Å². The number of hydrogen-bond acceptors (Lipinski definition) is 2. The van der Waals surface area contributed by atoms with Crippen molar-refractivity contribution in [2.24, 2.45) is 0 Å². The van der Waals surface area contributed by atoms with E-state index in [2.05, 4.69) is 0 Å². The van der Waals surface area contributed by atoms with Crippen LogP contribution in [0.25, 0.3) is 11.3 Å². The lowest BCUT2D eigenvalue weighted by Crippen LogP contribution is -2.20. The highest BCUT2D eigenvalue weighted by Crippen LogP contribution is 2.29. The van der Waals surface area contributed by atoms with E-state index in [0.29, 0.717) is 11.5 Å². The molecule has 1 aromatic heterocycles. The molecule has 3 rings (SSSR count). The third-order valence-corrected chi connectivity index (χ3v) is 3.58. The maximum Gasteiger partial charge on any atom is 0.165 e. The van der Waals surface area contributed by atoms with E-state index in [9.17, 15) is 4.39 Å². The van der Waals surface area contributed by atoms with Crippen LogP contribution in [-0.4, -0.2) is 6.10 Å². The van der Waals surface area contributed by atoms with Gasteiger partial charge in [0.1, 0.15) is 5.76 Å². The van der Waals surface area contributed by atoms with Gasteiger partial charge in [0.15, 0.2) is 11.6 Å². The average Bonchev–Trinajstić information content (AvgIpc) is 2.96. The molecule has 1 aliphatic rings. The van der Waals surface area contributed by atoms with Gasteiger partial charge in [-0.1, -0.05) is 6.42 Å². The SMILES string of the molecule is Fc1cc(-c2ccco2)ccc1OC1CCCCC1. The van der Waals surface area contributed by atoms with E-state index in [0.717, 1.165) is 18.4 Å². The quantitative estimate of drug-likeness (QED) is 0.791. The first-order chi connectivity index (χ1) is 9.33. The van der Waals surface area contributed by atoms with Crippen molar-refractivity contribution >= 4 is 0 Å². The summed E-state index contributed by atoms with van der Waals surface area (Å²) in [5.74, 6) is 0.699. The lowest BCUT2D eigenvalue weighted by atomic mass is 9.98. The first kappa shape index (κ1) is 12.3. The van der Waals surface area contributed by atoms with Gasteiger partial charge in [-0.05, 0) is 56.0 Å². The van der Waals surface area contributed by atoms with Gasteiger partial charge in [-0.3, -0.25) is 0 Å². The average molecular weight is 260 g/mol.